The minimum atomic E-state index is -0.471. The molecule has 0 aliphatic carbocycles. The summed E-state index contributed by atoms with van der Waals surface area (Å²) in [6.45, 7) is 2.56. The van der Waals surface area contributed by atoms with Gasteiger partial charge in [-0.1, -0.05) is 42.5 Å². The highest BCUT2D eigenvalue weighted by Gasteiger charge is 2.39. The molecule has 0 bridgehead atoms. The average Bonchev–Trinajstić information content (AvgIpc) is 3.24. The maximum atomic E-state index is 12.6. The third kappa shape index (κ3) is 4.07. The molecular formula is C23H24N2O5. The molecular weight excluding hydrogens is 384 g/mol. The number of imide groups is 1. The maximum absolute atomic E-state index is 12.6. The van der Waals surface area contributed by atoms with Crippen molar-refractivity contribution in [2.45, 2.75) is 44.6 Å². The Morgan fingerprint density at radius 1 is 1.00 bits per heavy atom. The second kappa shape index (κ2) is 8.67. The number of nitrogens with one attached hydrogen (secondary N) is 1. The van der Waals surface area contributed by atoms with Gasteiger partial charge in [-0.2, -0.15) is 0 Å². The fourth-order valence-electron chi connectivity index (χ4n) is 3.93. The van der Waals surface area contributed by atoms with Gasteiger partial charge >= 0.3 is 6.09 Å². The Morgan fingerprint density at radius 2 is 1.63 bits per heavy atom. The van der Waals surface area contributed by atoms with Crippen LogP contribution >= 0.6 is 0 Å². The van der Waals surface area contributed by atoms with Crippen molar-refractivity contribution in [3.05, 3.63) is 71.3 Å². The number of alkyl carbamates (subject to hydrolysis) is 1. The lowest BCUT2D eigenvalue weighted by Gasteiger charge is -2.24. The van der Waals surface area contributed by atoms with Gasteiger partial charge in [0.15, 0.2) is 0 Å². The predicted octanol–water partition coefficient (Wildman–Crippen LogP) is 3.15. The number of cyclic esters (lactones) is 1. The molecule has 0 radical (unpaired) electrons. The van der Waals surface area contributed by atoms with Crippen LogP contribution in [0.4, 0.5) is 4.79 Å². The van der Waals surface area contributed by atoms with Gasteiger partial charge in [-0.15, -0.1) is 0 Å². The van der Waals surface area contributed by atoms with Crippen molar-refractivity contribution in [3.8, 4) is 0 Å². The monoisotopic (exact) mass is 408 g/mol. The molecule has 0 saturated carbocycles. The molecule has 0 aromatic heterocycles. The summed E-state index contributed by atoms with van der Waals surface area (Å²) in [7, 11) is 0. The van der Waals surface area contributed by atoms with Crippen molar-refractivity contribution >= 4 is 17.9 Å². The van der Waals surface area contributed by atoms with Crippen LogP contribution in [0.5, 0.6) is 0 Å². The molecule has 0 spiro atoms. The molecule has 1 N–H and O–H groups in total. The van der Waals surface area contributed by atoms with Gasteiger partial charge in [0.25, 0.3) is 11.8 Å². The van der Waals surface area contributed by atoms with E-state index in [1.807, 2.05) is 37.3 Å². The van der Waals surface area contributed by atoms with Crippen LogP contribution in [0.1, 0.15) is 46.0 Å². The summed E-state index contributed by atoms with van der Waals surface area (Å²) in [5.74, 6) is -0.532. The summed E-state index contributed by atoms with van der Waals surface area (Å²) in [5.41, 5.74) is 1.93. The number of ether oxygens (including phenoxy) is 2. The first-order valence-corrected chi connectivity index (χ1v) is 10.1. The maximum Gasteiger partial charge on any atom is 0.407 e. The Kier molecular flexibility index (Phi) is 5.81. The van der Waals surface area contributed by atoms with E-state index < -0.39 is 12.2 Å². The van der Waals surface area contributed by atoms with Gasteiger partial charge in [0, 0.05) is 6.04 Å². The van der Waals surface area contributed by atoms with E-state index in [4.69, 9.17) is 9.47 Å². The van der Waals surface area contributed by atoms with Crippen LogP contribution in [0.2, 0.25) is 0 Å². The van der Waals surface area contributed by atoms with E-state index in [0.717, 1.165) is 5.56 Å². The minimum Gasteiger partial charge on any atom is -0.442 e. The summed E-state index contributed by atoms with van der Waals surface area (Å²) in [6, 6.07) is 16.1. The van der Waals surface area contributed by atoms with Crippen LogP contribution in [0.3, 0.4) is 0 Å². The second-order valence-corrected chi connectivity index (χ2v) is 7.65. The van der Waals surface area contributed by atoms with E-state index in [9.17, 15) is 14.4 Å². The quantitative estimate of drug-likeness (QED) is 0.679. The van der Waals surface area contributed by atoms with Crippen molar-refractivity contribution < 1.29 is 23.9 Å². The van der Waals surface area contributed by atoms with E-state index in [1.54, 1.807) is 24.3 Å². The first kappa shape index (κ1) is 20.1. The van der Waals surface area contributed by atoms with E-state index >= 15 is 0 Å². The molecule has 1 fully saturated rings. The highest BCUT2D eigenvalue weighted by atomic mass is 16.6. The molecule has 2 aliphatic heterocycles. The summed E-state index contributed by atoms with van der Waals surface area (Å²) >= 11 is 0. The van der Waals surface area contributed by atoms with E-state index in [1.165, 1.54) is 4.90 Å². The molecule has 2 aromatic carbocycles. The number of carbonyl (C=O) groups is 3. The lowest BCUT2D eigenvalue weighted by molar-refractivity contribution is 0.0254. The number of hydrogen-bond acceptors (Lipinski definition) is 5. The first-order chi connectivity index (χ1) is 14.5. The summed E-state index contributed by atoms with van der Waals surface area (Å²) in [6.07, 6.45) is 0.242. The molecule has 30 heavy (non-hydrogen) atoms. The zero-order chi connectivity index (χ0) is 21.1. The summed E-state index contributed by atoms with van der Waals surface area (Å²) in [5, 5.41) is 2.81. The molecule has 7 heteroatoms. The molecule has 156 valence electrons. The molecule has 2 aliphatic rings. The third-order valence-corrected chi connectivity index (χ3v) is 5.57. The normalized spacial score (nSPS) is 21.4. The van der Waals surface area contributed by atoms with Crippen molar-refractivity contribution in [3.63, 3.8) is 0 Å². The number of rotatable bonds is 8. The standard InChI is InChI=1S/C23H24N2O5/c1-15(25-21(26)17-9-5-6-10-18(17)22(25)27)11-12-19-20(30-23(28)24-19)14-29-13-16-7-3-2-4-8-16/h2-10,15,19-20H,11-14H2,1H3,(H,24,28)/t15-,19?,20?/m1/s1. The van der Waals surface area contributed by atoms with Crippen molar-refractivity contribution in [1.82, 2.24) is 10.2 Å². The lowest BCUT2D eigenvalue weighted by Crippen LogP contribution is -2.40. The van der Waals surface area contributed by atoms with Gasteiger partial charge in [-0.25, -0.2) is 4.79 Å². The van der Waals surface area contributed by atoms with E-state index in [0.29, 0.717) is 30.6 Å². The van der Waals surface area contributed by atoms with Crippen molar-refractivity contribution in [2.24, 2.45) is 0 Å². The van der Waals surface area contributed by atoms with E-state index in [-0.39, 0.29) is 30.5 Å². The highest BCUT2D eigenvalue weighted by molar-refractivity contribution is 6.21. The SMILES string of the molecule is C[C@H](CCC1NC(=O)OC1COCc1ccccc1)N1C(=O)c2ccccc2C1=O. The zero-order valence-electron chi connectivity index (χ0n) is 16.7. The molecule has 2 unspecified atom stereocenters. The molecule has 4 rings (SSSR count). The second-order valence-electron chi connectivity index (χ2n) is 7.65. The largest absolute Gasteiger partial charge is 0.442 e. The van der Waals surface area contributed by atoms with Crippen LogP contribution in [0, 0.1) is 0 Å². The van der Waals surface area contributed by atoms with Gasteiger partial charge in [0.2, 0.25) is 0 Å². The molecule has 3 atom stereocenters. The van der Waals surface area contributed by atoms with Crippen molar-refractivity contribution in [2.75, 3.05) is 6.61 Å². The van der Waals surface area contributed by atoms with Crippen molar-refractivity contribution in [1.29, 1.82) is 0 Å². The Balaban J connectivity index is 1.31. The Morgan fingerprint density at radius 3 is 2.30 bits per heavy atom. The molecule has 1 saturated heterocycles. The molecule has 2 heterocycles. The number of carbonyl (C=O) groups excluding carboxylic acids is 3. The Labute approximate surface area is 175 Å². The topological polar surface area (TPSA) is 84.9 Å². The lowest BCUT2D eigenvalue weighted by atomic mass is 10.0. The number of hydrogen-bond donors (Lipinski definition) is 1. The fraction of sp³-hybridized carbons (Fsp3) is 0.348. The summed E-state index contributed by atoms with van der Waals surface area (Å²) < 4.78 is 11.1. The van der Waals surface area contributed by atoms with Crippen LogP contribution in [-0.4, -0.2) is 47.6 Å². The van der Waals surface area contributed by atoms with E-state index in [2.05, 4.69) is 5.32 Å². The molecule has 7 nitrogen and oxygen atoms in total. The number of nitrogens with zero attached hydrogens (tertiary/aromatic N) is 1. The van der Waals surface area contributed by atoms with Crippen LogP contribution in [-0.2, 0) is 16.1 Å². The number of fused-ring (bicyclic) bond motifs is 1. The van der Waals surface area contributed by atoms with Gasteiger partial charge < -0.3 is 14.8 Å². The predicted molar refractivity (Wildman–Crippen MR) is 109 cm³/mol. The minimum absolute atomic E-state index is 0.231. The van der Waals surface area contributed by atoms with Crippen LogP contribution in [0.15, 0.2) is 54.6 Å². The highest BCUT2D eigenvalue weighted by Crippen LogP contribution is 2.27. The fourth-order valence-corrected chi connectivity index (χ4v) is 3.93. The smallest absolute Gasteiger partial charge is 0.407 e. The van der Waals surface area contributed by atoms with Crippen LogP contribution < -0.4 is 5.32 Å². The molecule has 3 amide bonds. The Bertz CT molecular complexity index is 911. The average molecular weight is 408 g/mol. The molecule has 2 aromatic rings. The zero-order valence-corrected chi connectivity index (χ0v) is 16.7. The van der Waals surface area contributed by atoms with Gasteiger partial charge in [-0.05, 0) is 37.5 Å². The first-order valence-electron chi connectivity index (χ1n) is 10.1. The van der Waals surface area contributed by atoms with Gasteiger partial charge in [0.05, 0.1) is 30.4 Å². The third-order valence-electron chi connectivity index (χ3n) is 5.57. The van der Waals surface area contributed by atoms with Crippen LogP contribution in [0.25, 0.3) is 0 Å². The number of amides is 3. The summed E-state index contributed by atoms with van der Waals surface area (Å²) in [4.78, 5) is 38.3. The Hall–Kier alpha value is -3.19. The number of benzene rings is 2. The van der Waals surface area contributed by atoms with Gasteiger partial charge in [-0.3, -0.25) is 14.5 Å². The van der Waals surface area contributed by atoms with Gasteiger partial charge in [0.1, 0.15) is 6.10 Å².